The van der Waals surface area contributed by atoms with Crippen LogP contribution in [0.25, 0.3) is 0 Å². The molecule has 8 fully saturated rings. The van der Waals surface area contributed by atoms with Crippen LogP contribution in [0.15, 0.2) is 0 Å². The van der Waals surface area contributed by atoms with Crippen LogP contribution < -0.4 is 0 Å². The zero-order valence-electron chi connectivity index (χ0n) is 34.5. The number of rotatable bonds is 4. The summed E-state index contributed by atoms with van der Waals surface area (Å²) in [5.41, 5.74) is 0. The number of fused-ring (bicyclic) bond motifs is 4. The van der Waals surface area contributed by atoms with Crippen molar-refractivity contribution in [2.24, 2.45) is 29.6 Å². The fraction of sp³-hybridized carbons (Fsp3) is 1.00. The quantitative estimate of drug-likeness (QED) is 0.431. The van der Waals surface area contributed by atoms with Gasteiger partial charge >= 0.3 is 0 Å². The van der Waals surface area contributed by atoms with E-state index in [-0.39, 0.29) is 0 Å². The summed E-state index contributed by atoms with van der Waals surface area (Å²) in [7, 11) is 9.06. The van der Waals surface area contributed by atoms with E-state index >= 15 is 0 Å². The van der Waals surface area contributed by atoms with Crippen molar-refractivity contribution in [3.63, 3.8) is 0 Å². The van der Waals surface area contributed by atoms with Crippen molar-refractivity contribution in [1.82, 2.24) is 39.2 Å². The van der Waals surface area contributed by atoms with E-state index in [2.05, 4.69) is 123 Å². The Balaban J connectivity index is 0.000000127. The third-order valence-electron chi connectivity index (χ3n) is 14.3. The Kier molecular flexibility index (Phi) is 14.4. The molecule has 49 heavy (non-hydrogen) atoms. The minimum atomic E-state index is 0.735. The molecule has 8 rings (SSSR count). The summed E-state index contributed by atoms with van der Waals surface area (Å²) in [6.45, 7) is 35.7. The number of nitrogens with zero attached hydrogens (tertiary/aromatic N) is 8. The molecule has 0 N–H and O–H groups in total. The lowest BCUT2D eigenvalue weighted by Crippen LogP contribution is -2.42. The van der Waals surface area contributed by atoms with E-state index < -0.39 is 0 Å². The largest absolute Gasteiger partial charge is 0.306 e. The molecule has 0 amide bonds. The van der Waals surface area contributed by atoms with Gasteiger partial charge in [-0.25, -0.2) is 0 Å². The van der Waals surface area contributed by atoms with Gasteiger partial charge in [-0.05, 0) is 158 Å². The number of hydrogen-bond donors (Lipinski definition) is 0. The van der Waals surface area contributed by atoms with E-state index in [0.717, 1.165) is 71.9 Å². The molecule has 8 heteroatoms. The van der Waals surface area contributed by atoms with E-state index in [4.69, 9.17) is 0 Å². The number of likely N-dealkylation sites (N-methyl/N-ethyl adjacent to an activating group) is 3. The maximum Gasteiger partial charge on any atom is 0.0266 e. The third kappa shape index (κ3) is 10.0. The maximum atomic E-state index is 2.67. The lowest BCUT2D eigenvalue weighted by atomic mass is 9.93. The summed E-state index contributed by atoms with van der Waals surface area (Å²) in [6.07, 6.45) is 5.71. The van der Waals surface area contributed by atoms with Gasteiger partial charge in [0.25, 0.3) is 0 Å². The first-order chi connectivity index (χ1) is 23.2. The number of piperidine rings is 1. The lowest BCUT2D eigenvalue weighted by Gasteiger charge is -2.33. The zero-order valence-corrected chi connectivity index (χ0v) is 34.5. The Labute approximate surface area is 304 Å². The Hall–Kier alpha value is -0.320. The highest BCUT2D eigenvalue weighted by atomic mass is 15.3. The molecule has 0 aromatic rings. The highest BCUT2D eigenvalue weighted by Crippen LogP contribution is 2.34. The minimum Gasteiger partial charge on any atom is -0.306 e. The Morgan fingerprint density at radius 2 is 0.776 bits per heavy atom. The summed E-state index contributed by atoms with van der Waals surface area (Å²) in [5, 5.41) is 0. The second-order valence-electron chi connectivity index (χ2n) is 19.1. The monoisotopic (exact) mass is 687 g/mol. The van der Waals surface area contributed by atoms with Gasteiger partial charge in [-0.15, -0.1) is 0 Å². The summed E-state index contributed by atoms with van der Waals surface area (Å²) in [5.74, 6) is 4.84. The van der Waals surface area contributed by atoms with Crippen LogP contribution in [0.5, 0.6) is 0 Å². The molecule has 286 valence electrons. The van der Waals surface area contributed by atoms with E-state index in [1.165, 1.54) is 111 Å². The third-order valence-corrected chi connectivity index (χ3v) is 14.3. The van der Waals surface area contributed by atoms with Gasteiger partial charge in [0.15, 0.2) is 0 Å². The molecule has 8 unspecified atom stereocenters. The minimum absolute atomic E-state index is 0.735. The van der Waals surface area contributed by atoms with Crippen LogP contribution in [0.4, 0.5) is 0 Å². The summed E-state index contributed by atoms with van der Waals surface area (Å²) >= 11 is 0. The molecule has 0 spiro atoms. The van der Waals surface area contributed by atoms with Crippen molar-refractivity contribution >= 4 is 0 Å². The van der Waals surface area contributed by atoms with Gasteiger partial charge in [-0.1, -0.05) is 0 Å². The van der Waals surface area contributed by atoms with Crippen LogP contribution in [-0.4, -0.2) is 195 Å². The van der Waals surface area contributed by atoms with Gasteiger partial charge in [0.2, 0.25) is 0 Å². The van der Waals surface area contributed by atoms with E-state index in [0.29, 0.717) is 0 Å². The highest BCUT2D eigenvalue weighted by Gasteiger charge is 2.42. The molecule has 8 saturated heterocycles. The molecule has 0 bridgehead atoms. The number of likely N-dealkylation sites (tertiary alicyclic amines) is 8. The molecule has 0 aromatic carbocycles. The highest BCUT2D eigenvalue weighted by molar-refractivity contribution is 4.97. The molecule has 0 aliphatic carbocycles. The van der Waals surface area contributed by atoms with Crippen LogP contribution in [0.2, 0.25) is 0 Å². The van der Waals surface area contributed by atoms with Gasteiger partial charge in [-0.2, -0.15) is 0 Å². The molecular formula is C41H82N8. The molecule has 0 aromatic heterocycles. The SMILES string of the molecule is CC(C)N1CC2CCCN(C)C2C1.CC(C)N1CC2CCN(C)C2C1.CC(C)N1CC2CN(C)CC2C1.CC(C)N1CCC2CN(C)CC21. The van der Waals surface area contributed by atoms with Crippen LogP contribution in [0, 0.1) is 29.6 Å². The normalized spacial score (nSPS) is 37.7. The van der Waals surface area contributed by atoms with Crippen molar-refractivity contribution < 1.29 is 0 Å². The van der Waals surface area contributed by atoms with E-state index in [1.54, 1.807) is 0 Å². The summed E-state index contributed by atoms with van der Waals surface area (Å²) in [4.78, 5) is 20.6. The fourth-order valence-electron chi connectivity index (χ4n) is 11.0. The second kappa shape index (κ2) is 17.7. The second-order valence-corrected chi connectivity index (χ2v) is 19.1. The topological polar surface area (TPSA) is 25.9 Å². The molecule has 8 aliphatic heterocycles. The zero-order chi connectivity index (χ0) is 35.6. The molecule has 8 heterocycles. The molecule has 8 atom stereocenters. The van der Waals surface area contributed by atoms with E-state index in [1.807, 2.05) is 0 Å². The predicted octanol–water partition coefficient (Wildman–Crippen LogP) is 4.37. The molecular weight excluding hydrogens is 605 g/mol. The van der Waals surface area contributed by atoms with Gasteiger partial charge in [0.1, 0.15) is 0 Å². The number of hydrogen-bond acceptors (Lipinski definition) is 8. The molecule has 8 nitrogen and oxygen atoms in total. The van der Waals surface area contributed by atoms with Crippen molar-refractivity contribution in [3.05, 3.63) is 0 Å². The Morgan fingerprint density at radius 1 is 0.367 bits per heavy atom. The van der Waals surface area contributed by atoms with Crippen molar-refractivity contribution in [1.29, 1.82) is 0 Å². The average molecular weight is 687 g/mol. The van der Waals surface area contributed by atoms with Crippen LogP contribution >= 0.6 is 0 Å². The van der Waals surface area contributed by atoms with Gasteiger partial charge in [0, 0.05) is 108 Å². The fourth-order valence-corrected chi connectivity index (χ4v) is 11.0. The molecule has 0 saturated carbocycles. The van der Waals surface area contributed by atoms with Gasteiger partial charge in [0.05, 0.1) is 0 Å². The standard InChI is InChI=1S/C11H22N2.3C10H20N2/c1-9(2)13-7-10-5-4-6-12(3)11(10)8-13;1-8(2)12-6-9-4-11(3)5-10(9)7-12;1-8(2)12-5-4-9-6-11(3)7-10(9)12;1-8(2)12-6-9-4-5-11(3)10(9)7-12/h9-11H,4-8H2,1-3H3;3*8-10H,4-7H2,1-3H3. The first kappa shape index (κ1) is 39.9. The summed E-state index contributed by atoms with van der Waals surface area (Å²) < 4.78 is 0. The molecule has 8 aliphatic rings. The Bertz CT molecular complexity index is 975. The average Bonchev–Trinajstić information content (AvgIpc) is 3.86. The smallest absolute Gasteiger partial charge is 0.0266 e. The first-order valence-corrected chi connectivity index (χ1v) is 21.0. The van der Waals surface area contributed by atoms with Crippen LogP contribution in [0.1, 0.15) is 81.1 Å². The van der Waals surface area contributed by atoms with Crippen LogP contribution in [0.3, 0.4) is 0 Å². The van der Waals surface area contributed by atoms with Gasteiger partial charge < -0.3 is 24.5 Å². The lowest BCUT2D eigenvalue weighted by molar-refractivity contribution is 0.155. The first-order valence-electron chi connectivity index (χ1n) is 21.0. The maximum absolute atomic E-state index is 2.67. The summed E-state index contributed by atoms with van der Waals surface area (Å²) in [6, 6.07) is 5.56. The van der Waals surface area contributed by atoms with Crippen LogP contribution in [-0.2, 0) is 0 Å². The predicted molar refractivity (Wildman–Crippen MR) is 210 cm³/mol. The van der Waals surface area contributed by atoms with Crippen molar-refractivity contribution in [2.45, 2.75) is 123 Å². The molecule has 0 radical (unpaired) electrons. The Morgan fingerprint density at radius 3 is 1.29 bits per heavy atom. The van der Waals surface area contributed by atoms with E-state index in [9.17, 15) is 0 Å². The van der Waals surface area contributed by atoms with Gasteiger partial charge in [-0.3, -0.25) is 14.7 Å². The van der Waals surface area contributed by atoms with Crippen molar-refractivity contribution in [2.75, 3.05) is 113 Å². The van der Waals surface area contributed by atoms with Crippen molar-refractivity contribution in [3.8, 4) is 0 Å².